The summed E-state index contributed by atoms with van der Waals surface area (Å²) < 4.78 is 2.28. The second-order valence-corrected chi connectivity index (χ2v) is 13.4. The highest BCUT2D eigenvalue weighted by Crippen LogP contribution is 2.52. The van der Waals surface area contributed by atoms with E-state index >= 15 is 0 Å². The van der Waals surface area contributed by atoms with E-state index in [9.17, 15) is 0 Å². The number of benzene rings is 7. The van der Waals surface area contributed by atoms with Gasteiger partial charge >= 0.3 is 0 Å². The van der Waals surface area contributed by atoms with Gasteiger partial charge in [0.1, 0.15) is 0 Å². The van der Waals surface area contributed by atoms with Crippen LogP contribution in [0.2, 0.25) is 0 Å². The van der Waals surface area contributed by atoms with Gasteiger partial charge in [0.25, 0.3) is 0 Å². The Kier molecular flexibility index (Phi) is 5.63. The molecule has 0 aliphatic heterocycles. The lowest BCUT2D eigenvalue weighted by atomic mass is 9.81. The van der Waals surface area contributed by atoms with Gasteiger partial charge in [0.05, 0.1) is 22.2 Å². The van der Waals surface area contributed by atoms with Crippen molar-refractivity contribution in [1.29, 1.82) is 0 Å². The van der Waals surface area contributed by atoms with E-state index < -0.39 is 0 Å². The van der Waals surface area contributed by atoms with Crippen molar-refractivity contribution in [3.8, 4) is 39.5 Å². The van der Waals surface area contributed by atoms with Crippen molar-refractivity contribution in [2.45, 2.75) is 19.3 Å². The second kappa shape index (κ2) is 9.97. The molecule has 226 valence electrons. The summed E-state index contributed by atoms with van der Waals surface area (Å²) in [6, 6.07) is 54.5. The third kappa shape index (κ3) is 3.76. The maximum Gasteiger partial charge on any atom is 0.235 e. The van der Waals surface area contributed by atoms with E-state index in [1.807, 2.05) is 6.07 Å². The molecule has 1 aliphatic carbocycles. The van der Waals surface area contributed by atoms with Gasteiger partial charge in [0.2, 0.25) is 5.95 Å². The number of nitrogens with zero attached hydrogens (tertiary/aromatic N) is 3. The molecule has 2 heterocycles. The summed E-state index contributed by atoms with van der Waals surface area (Å²) in [7, 11) is 0. The molecule has 0 fully saturated rings. The number of hydrogen-bond acceptors (Lipinski definition) is 2. The number of para-hydroxylation sites is 3. The molecule has 10 rings (SSSR count). The average molecular weight is 614 g/mol. The first kappa shape index (κ1) is 27.1. The molecule has 2 aromatic heterocycles. The van der Waals surface area contributed by atoms with Gasteiger partial charge in [0, 0.05) is 32.7 Å². The third-order valence-corrected chi connectivity index (χ3v) is 10.4. The lowest BCUT2D eigenvalue weighted by molar-refractivity contribution is 0.661. The van der Waals surface area contributed by atoms with E-state index in [1.165, 1.54) is 54.9 Å². The predicted octanol–water partition coefficient (Wildman–Crippen LogP) is 11.5. The number of fused-ring (bicyclic) bond motifs is 9. The van der Waals surface area contributed by atoms with Gasteiger partial charge in [-0.3, -0.25) is 4.57 Å². The van der Waals surface area contributed by atoms with E-state index in [2.05, 4.69) is 164 Å². The summed E-state index contributed by atoms with van der Waals surface area (Å²) in [5.41, 5.74) is 12.8. The van der Waals surface area contributed by atoms with E-state index in [4.69, 9.17) is 9.97 Å². The van der Waals surface area contributed by atoms with E-state index in [0.717, 1.165) is 33.2 Å². The van der Waals surface area contributed by atoms with Crippen molar-refractivity contribution in [3.05, 3.63) is 163 Å². The maximum absolute atomic E-state index is 5.34. The average Bonchev–Trinajstić information content (AvgIpc) is 3.60. The van der Waals surface area contributed by atoms with Crippen molar-refractivity contribution >= 4 is 43.5 Å². The van der Waals surface area contributed by atoms with Gasteiger partial charge in [-0.05, 0) is 56.8 Å². The van der Waals surface area contributed by atoms with Gasteiger partial charge in [-0.2, -0.15) is 0 Å². The zero-order chi connectivity index (χ0) is 32.0. The number of hydrogen-bond donors (Lipinski definition) is 0. The summed E-state index contributed by atoms with van der Waals surface area (Å²) in [6.07, 6.45) is 0. The first-order valence-corrected chi connectivity index (χ1v) is 16.6. The fraction of sp³-hybridized carbons (Fsp3) is 0.0667. The predicted molar refractivity (Wildman–Crippen MR) is 200 cm³/mol. The summed E-state index contributed by atoms with van der Waals surface area (Å²) in [4.78, 5) is 10.6. The summed E-state index contributed by atoms with van der Waals surface area (Å²) >= 11 is 0. The quantitative estimate of drug-likeness (QED) is 0.198. The Morgan fingerprint density at radius 2 is 1.23 bits per heavy atom. The molecule has 1 aliphatic rings. The Morgan fingerprint density at radius 3 is 2.10 bits per heavy atom. The van der Waals surface area contributed by atoms with Crippen molar-refractivity contribution in [2.24, 2.45) is 0 Å². The molecular weight excluding hydrogens is 583 g/mol. The van der Waals surface area contributed by atoms with E-state index in [-0.39, 0.29) is 5.41 Å². The fourth-order valence-corrected chi connectivity index (χ4v) is 8.11. The molecule has 0 saturated heterocycles. The van der Waals surface area contributed by atoms with Crippen LogP contribution in [0.5, 0.6) is 0 Å². The third-order valence-electron chi connectivity index (χ3n) is 10.4. The van der Waals surface area contributed by atoms with Gasteiger partial charge in [-0.15, -0.1) is 0 Å². The normalized spacial score (nSPS) is 13.4. The Bertz CT molecular complexity index is 2750. The summed E-state index contributed by atoms with van der Waals surface area (Å²) in [5, 5.41) is 6.02. The highest BCUT2D eigenvalue weighted by atomic mass is 15.2. The molecule has 0 atom stereocenters. The van der Waals surface area contributed by atoms with Crippen LogP contribution in [0.1, 0.15) is 25.0 Å². The van der Waals surface area contributed by atoms with Gasteiger partial charge in [0.15, 0.2) is 0 Å². The minimum atomic E-state index is -0.128. The maximum atomic E-state index is 5.34. The Morgan fingerprint density at radius 1 is 0.500 bits per heavy atom. The molecule has 3 heteroatoms. The second-order valence-electron chi connectivity index (χ2n) is 13.4. The van der Waals surface area contributed by atoms with Crippen LogP contribution in [0, 0.1) is 0 Å². The topological polar surface area (TPSA) is 30.7 Å². The Hall–Kier alpha value is -6.06. The molecule has 9 aromatic rings. The van der Waals surface area contributed by atoms with Crippen LogP contribution in [-0.2, 0) is 5.41 Å². The number of rotatable bonds is 3. The smallest absolute Gasteiger partial charge is 0.235 e. The highest BCUT2D eigenvalue weighted by Gasteiger charge is 2.36. The molecule has 0 amide bonds. The van der Waals surface area contributed by atoms with E-state index in [1.54, 1.807) is 0 Å². The monoisotopic (exact) mass is 613 g/mol. The number of aromatic nitrogens is 3. The SMILES string of the molecule is CC1(C)c2cc(-c3cccc4c5ccccc5n(-c5nc(-c6ccccc6)c6ccccc6n5)c34)ccc2-c2c1ccc1ccccc21. The molecule has 0 N–H and O–H groups in total. The van der Waals surface area contributed by atoms with Crippen LogP contribution >= 0.6 is 0 Å². The Balaban J connectivity index is 1.26. The lowest BCUT2D eigenvalue weighted by Crippen LogP contribution is -2.15. The van der Waals surface area contributed by atoms with Gasteiger partial charge < -0.3 is 0 Å². The van der Waals surface area contributed by atoms with Crippen LogP contribution in [-0.4, -0.2) is 14.5 Å². The molecule has 3 nitrogen and oxygen atoms in total. The van der Waals surface area contributed by atoms with Crippen LogP contribution in [0.3, 0.4) is 0 Å². The molecule has 0 unspecified atom stereocenters. The van der Waals surface area contributed by atoms with Crippen molar-refractivity contribution in [2.75, 3.05) is 0 Å². The summed E-state index contributed by atoms with van der Waals surface area (Å²) in [5.74, 6) is 0.673. The Labute approximate surface area is 278 Å². The van der Waals surface area contributed by atoms with Crippen LogP contribution in [0.25, 0.3) is 82.9 Å². The molecule has 0 spiro atoms. The zero-order valence-corrected chi connectivity index (χ0v) is 26.8. The minimum absolute atomic E-state index is 0.128. The van der Waals surface area contributed by atoms with Crippen LogP contribution in [0.4, 0.5) is 0 Å². The first-order valence-electron chi connectivity index (χ1n) is 16.6. The van der Waals surface area contributed by atoms with Gasteiger partial charge in [-0.25, -0.2) is 9.97 Å². The summed E-state index contributed by atoms with van der Waals surface area (Å²) in [6.45, 7) is 4.73. The van der Waals surface area contributed by atoms with Crippen LogP contribution < -0.4 is 0 Å². The standard InChI is InChI=1S/C45H31N3/c1-45(2)37-26-24-28-13-6-7-16-31(28)41(37)35-25-23-30(27-38(35)45)32-19-12-20-34-33-17-9-11-22-40(33)48(43(32)34)44-46-39-21-10-8-18-36(39)42(47-44)29-14-4-3-5-15-29/h3-27H,1-2H3. The lowest BCUT2D eigenvalue weighted by Gasteiger charge is -2.22. The van der Waals surface area contributed by atoms with Crippen LogP contribution in [0.15, 0.2) is 152 Å². The van der Waals surface area contributed by atoms with E-state index in [0.29, 0.717) is 5.95 Å². The zero-order valence-electron chi connectivity index (χ0n) is 26.8. The fourth-order valence-electron chi connectivity index (χ4n) is 8.11. The molecule has 48 heavy (non-hydrogen) atoms. The molecule has 0 saturated carbocycles. The minimum Gasteiger partial charge on any atom is -0.277 e. The van der Waals surface area contributed by atoms with Crippen molar-refractivity contribution in [3.63, 3.8) is 0 Å². The first-order chi connectivity index (χ1) is 23.6. The van der Waals surface area contributed by atoms with Crippen molar-refractivity contribution < 1.29 is 0 Å². The molecule has 0 bridgehead atoms. The van der Waals surface area contributed by atoms with Crippen molar-refractivity contribution in [1.82, 2.24) is 14.5 Å². The van der Waals surface area contributed by atoms with Gasteiger partial charge in [-0.1, -0.05) is 147 Å². The molecule has 0 radical (unpaired) electrons. The molecular formula is C45H31N3. The molecule has 7 aromatic carbocycles. The highest BCUT2D eigenvalue weighted by molar-refractivity contribution is 6.14. The largest absolute Gasteiger partial charge is 0.277 e.